The molecule has 102 valence electrons. The van der Waals surface area contributed by atoms with E-state index < -0.39 is 11.9 Å². The third-order valence-corrected chi connectivity index (χ3v) is 1.70. The smallest absolute Gasteiger partial charge is 0.337 e. The number of carbonyl (C=O) groups excluding carboxylic acids is 2. The van der Waals surface area contributed by atoms with Gasteiger partial charge >= 0.3 is 11.9 Å². The minimum Gasteiger partial charge on any atom is -0.465 e. The summed E-state index contributed by atoms with van der Waals surface area (Å²) in [6.45, 7) is 8.00. The lowest BCUT2D eigenvalue weighted by atomic mass is 10.1. The zero-order chi connectivity index (χ0) is 14.6. The van der Waals surface area contributed by atoms with Crippen LogP contribution in [0.1, 0.15) is 48.4 Å². The molecule has 0 spiro atoms. The summed E-state index contributed by atoms with van der Waals surface area (Å²) in [4.78, 5) is 22.2. The van der Waals surface area contributed by atoms with Gasteiger partial charge in [0, 0.05) is 0 Å². The number of hydrogen-bond donors (Lipinski definition) is 0. The molecule has 0 fully saturated rings. The van der Waals surface area contributed by atoms with Crippen molar-refractivity contribution < 1.29 is 19.1 Å². The summed E-state index contributed by atoms with van der Waals surface area (Å²) in [6.07, 6.45) is 0. The first-order valence-corrected chi connectivity index (χ1v) is 5.95. The van der Waals surface area contributed by atoms with Gasteiger partial charge in [-0.05, 0) is 18.2 Å². The molecule has 0 N–H and O–H groups in total. The van der Waals surface area contributed by atoms with Gasteiger partial charge in [-0.15, -0.1) is 0 Å². The lowest BCUT2D eigenvalue weighted by Crippen LogP contribution is -2.05. The Bertz CT molecular complexity index is 327. The maximum atomic E-state index is 11.1. The lowest BCUT2D eigenvalue weighted by Gasteiger charge is -2.01. The summed E-state index contributed by atoms with van der Waals surface area (Å²) < 4.78 is 9.03. The van der Waals surface area contributed by atoms with Crippen LogP contribution in [0.4, 0.5) is 0 Å². The predicted molar refractivity (Wildman–Crippen MR) is 71.8 cm³/mol. The van der Waals surface area contributed by atoms with Crippen LogP contribution in [0.3, 0.4) is 0 Å². The molecule has 0 amide bonds. The van der Waals surface area contributed by atoms with Crippen molar-refractivity contribution in [3.8, 4) is 0 Å². The normalized spacial score (nSPS) is 7.89. The van der Waals surface area contributed by atoms with Crippen LogP contribution in [0.5, 0.6) is 0 Å². The van der Waals surface area contributed by atoms with Gasteiger partial charge in [-0.3, -0.25) is 0 Å². The zero-order valence-corrected chi connectivity index (χ0v) is 11.9. The molecule has 0 saturated carbocycles. The summed E-state index contributed by atoms with van der Waals surface area (Å²) in [5, 5.41) is 0. The molecule has 18 heavy (non-hydrogen) atoms. The molecular weight excluding hydrogens is 232 g/mol. The number of benzene rings is 1. The Morgan fingerprint density at radius 1 is 0.833 bits per heavy atom. The van der Waals surface area contributed by atoms with Crippen molar-refractivity contribution in [2.24, 2.45) is 0 Å². The van der Waals surface area contributed by atoms with Gasteiger partial charge in [0.25, 0.3) is 0 Å². The van der Waals surface area contributed by atoms with Gasteiger partial charge in [-0.1, -0.05) is 33.8 Å². The van der Waals surface area contributed by atoms with Crippen molar-refractivity contribution in [1.82, 2.24) is 0 Å². The van der Waals surface area contributed by atoms with Gasteiger partial charge in [-0.25, -0.2) is 9.59 Å². The van der Waals surface area contributed by atoms with E-state index in [4.69, 9.17) is 0 Å². The second kappa shape index (κ2) is 11.6. The van der Waals surface area contributed by atoms with Crippen molar-refractivity contribution >= 4 is 11.9 Å². The van der Waals surface area contributed by atoms with Gasteiger partial charge in [0.05, 0.1) is 25.3 Å². The molecular formula is C14H22O4. The summed E-state index contributed by atoms with van der Waals surface area (Å²) in [5.41, 5.74) is 0.658. The van der Waals surface area contributed by atoms with Crippen LogP contribution >= 0.6 is 0 Å². The molecule has 0 aliphatic carbocycles. The van der Waals surface area contributed by atoms with Crippen LogP contribution < -0.4 is 0 Å². The maximum absolute atomic E-state index is 11.1. The Hall–Kier alpha value is -1.84. The van der Waals surface area contributed by atoms with Gasteiger partial charge in [0.1, 0.15) is 0 Å². The molecule has 0 saturated heterocycles. The van der Waals surface area contributed by atoms with Crippen molar-refractivity contribution in [3.63, 3.8) is 0 Å². The highest BCUT2D eigenvalue weighted by Gasteiger charge is 2.09. The summed E-state index contributed by atoms with van der Waals surface area (Å²) in [6, 6.07) is 6.16. The topological polar surface area (TPSA) is 52.6 Å². The average molecular weight is 254 g/mol. The number of carbonyl (C=O) groups is 2. The van der Waals surface area contributed by atoms with E-state index in [2.05, 4.69) is 9.47 Å². The molecule has 4 heteroatoms. The maximum Gasteiger partial charge on any atom is 0.337 e. The van der Waals surface area contributed by atoms with Crippen LogP contribution in [-0.2, 0) is 9.47 Å². The molecule has 0 aliphatic heterocycles. The van der Waals surface area contributed by atoms with E-state index in [0.29, 0.717) is 11.1 Å². The Balaban J connectivity index is 0. The first-order chi connectivity index (χ1) is 8.69. The molecule has 4 nitrogen and oxygen atoms in total. The van der Waals surface area contributed by atoms with Gasteiger partial charge in [-0.2, -0.15) is 0 Å². The Morgan fingerprint density at radius 3 is 1.44 bits per heavy atom. The van der Waals surface area contributed by atoms with Gasteiger partial charge < -0.3 is 9.47 Å². The molecule has 0 aromatic heterocycles. The van der Waals surface area contributed by atoms with Crippen LogP contribution in [0.25, 0.3) is 0 Å². The number of rotatable bonds is 2. The fourth-order valence-electron chi connectivity index (χ4n) is 1.01. The third kappa shape index (κ3) is 6.03. The molecule has 1 aromatic rings. The van der Waals surface area contributed by atoms with Crippen LogP contribution in [0.2, 0.25) is 0 Å². The zero-order valence-electron chi connectivity index (χ0n) is 11.9. The van der Waals surface area contributed by atoms with Crippen LogP contribution in [0.15, 0.2) is 24.3 Å². The van der Waals surface area contributed by atoms with E-state index in [-0.39, 0.29) is 0 Å². The van der Waals surface area contributed by atoms with Crippen LogP contribution in [-0.4, -0.2) is 26.2 Å². The lowest BCUT2D eigenvalue weighted by molar-refractivity contribution is 0.0599. The number of esters is 2. The minimum absolute atomic E-state index is 0.329. The monoisotopic (exact) mass is 254 g/mol. The Morgan fingerprint density at radius 2 is 1.17 bits per heavy atom. The van der Waals surface area contributed by atoms with E-state index in [1.165, 1.54) is 20.3 Å². The first-order valence-electron chi connectivity index (χ1n) is 5.95. The van der Waals surface area contributed by atoms with Gasteiger partial charge in [0.2, 0.25) is 0 Å². The molecule has 0 heterocycles. The quantitative estimate of drug-likeness (QED) is 0.760. The first kappa shape index (κ1) is 18.5. The summed E-state index contributed by atoms with van der Waals surface area (Å²) in [7, 11) is 2.57. The highest BCUT2D eigenvalue weighted by atomic mass is 16.5. The predicted octanol–water partition coefficient (Wildman–Crippen LogP) is 3.31. The Kier molecular flexibility index (Phi) is 12.0. The number of ether oxygens (including phenoxy) is 2. The van der Waals surface area contributed by atoms with Crippen LogP contribution in [0, 0.1) is 0 Å². The molecule has 1 aromatic carbocycles. The second-order valence-corrected chi connectivity index (χ2v) is 2.56. The molecule has 0 atom stereocenters. The molecule has 0 unspecified atom stereocenters. The largest absolute Gasteiger partial charge is 0.465 e. The highest BCUT2D eigenvalue weighted by Crippen LogP contribution is 2.07. The molecule has 1 rings (SSSR count). The van der Waals surface area contributed by atoms with Crippen molar-refractivity contribution in [2.45, 2.75) is 27.7 Å². The highest BCUT2D eigenvalue weighted by molar-refractivity contribution is 5.95. The standard InChI is InChI=1S/C10H10O4.2C2H6/c1-13-9(11)7-4-3-5-8(6-7)10(12)14-2;2*1-2/h3-6H,1-2H3;2*1-2H3. The third-order valence-electron chi connectivity index (χ3n) is 1.70. The fraction of sp³-hybridized carbons (Fsp3) is 0.429. The van der Waals surface area contributed by atoms with E-state index in [1.807, 2.05) is 27.7 Å². The van der Waals surface area contributed by atoms with Crippen molar-refractivity contribution in [1.29, 1.82) is 0 Å². The minimum atomic E-state index is -0.476. The van der Waals surface area contributed by atoms with Crippen molar-refractivity contribution in [3.05, 3.63) is 35.4 Å². The van der Waals surface area contributed by atoms with Gasteiger partial charge in [0.15, 0.2) is 0 Å². The molecule has 0 aliphatic rings. The van der Waals surface area contributed by atoms with E-state index in [9.17, 15) is 9.59 Å². The second-order valence-electron chi connectivity index (χ2n) is 2.56. The summed E-state index contributed by atoms with van der Waals surface area (Å²) in [5.74, 6) is -0.952. The number of hydrogen-bond acceptors (Lipinski definition) is 4. The number of methoxy groups -OCH3 is 2. The Labute approximate surface area is 109 Å². The van der Waals surface area contributed by atoms with Crippen molar-refractivity contribution in [2.75, 3.05) is 14.2 Å². The average Bonchev–Trinajstić information content (AvgIpc) is 2.49. The summed E-state index contributed by atoms with van der Waals surface area (Å²) >= 11 is 0. The van der Waals surface area contributed by atoms with E-state index >= 15 is 0 Å². The van der Waals surface area contributed by atoms with E-state index in [1.54, 1.807) is 18.2 Å². The fourth-order valence-corrected chi connectivity index (χ4v) is 1.01. The molecule has 0 radical (unpaired) electrons. The van der Waals surface area contributed by atoms with E-state index in [0.717, 1.165) is 0 Å². The molecule has 0 bridgehead atoms. The SMILES string of the molecule is CC.CC.COC(=O)c1cccc(C(=O)OC)c1.